The maximum atomic E-state index is 11.4. The second kappa shape index (κ2) is 12.5. The molecule has 0 aromatic heterocycles. The fraction of sp³-hybridized carbons (Fsp3) is 0.833. The zero-order chi connectivity index (χ0) is 30.9. The molecule has 0 radical (unpaired) electrons. The van der Waals surface area contributed by atoms with Crippen LogP contribution in [0.1, 0.15) is 160 Å². The van der Waals surface area contributed by atoms with Crippen molar-refractivity contribution in [3.8, 4) is 5.75 Å². The summed E-state index contributed by atoms with van der Waals surface area (Å²) in [6.45, 7) is 40.0. The molecule has 0 atom stereocenters. The largest absolute Gasteiger partial charge is 0.507 e. The highest BCUT2D eigenvalue weighted by Crippen LogP contribution is 2.47. The SMILES string of the molecule is CC(C)(C)CC(C)(C)CC(C)(C)SCc1cc(CSC(C)(C)CC(C)(C)CC(C)(C)C)c(O)c(C(C)(C)C)c1. The summed E-state index contributed by atoms with van der Waals surface area (Å²) in [7, 11) is 0. The summed E-state index contributed by atoms with van der Waals surface area (Å²) >= 11 is 4.06. The quantitative estimate of drug-likeness (QED) is 0.266. The molecule has 0 unspecified atom stereocenters. The summed E-state index contributed by atoms with van der Waals surface area (Å²) in [6, 6.07) is 4.56. The summed E-state index contributed by atoms with van der Waals surface area (Å²) in [5, 5.41) is 11.4. The van der Waals surface area contributed by atoms with Gasteiger partial charge in [-0.25, -0.2) is 0 Å². The summed E-state index contributed by atoms with van der Waals surface area (Å²) < 4.78 is 0.318. The monoisotopic (exact) mass is 578 g/mol. The van der Waals surface area contributed by atoms with E-state index < -0.39 is 0 Å². The molecule has 0 saturated carbocycles. The van der Waals surface area contributed by atoms with Crippen molar-refractivity contribution in [1.29, 1.82) is 0 Å². The number of aromatic hydroxyl groups is 1. The van der Waals surface area contributed by atoms with Crippen molar-refractivity contribution in [3.63, 3.8) is 0 Å². The first kappa shape index (κ1) is 36.7. The summed E-state index contributed by atoms with van der Waals surface area (Å²) in [4.78, 5) is 0. The lowest BCUT2D eigenvalue weighted by atomic mass is 9.72. The highest BCUT2D eigenvalue weighted by molar-refractivity contribution is 8.00. The van der Waals surface area contributed by atoms with Crippen LogP contribution in [0.2, 0.25) is 0 Å². The van der Waals surface area contributed by atoms with E-state index in [1.165, 1.54) is 24.8 Å². The van der Waals surface area contributed by atoms with Gasteiger partial charge in [0.1, 0.15) is 5.75 Å². The lowest BCUT2D eigenvalue weighted by Crippen LogP contribution is -2.29. The van der Waals surface area contributed by atoms with Gasteiger partial charge in [-0.15, -0.1) is 0 Å². The zero-order valence-electron chi connectivity index (χ0n) is 29.2. The highest BCUT2D eigenvalue weighted by atomic mass is 32.2. The molecule has 0 aliphatic carbocycles. The normalized spacial score (nSPS) is 14.7. The summed E-state index contributed by atoms with van der Waals surface area (Å²) in [5.41, 5.74) is 4.65. The second-order valence-electron chi connectivity index (χ2n) is 18.7. The average Bonchev–Trinajstić information content (AvgIpc) is 2.59. The Labute approximate surface area is 253 Å². The van der Waals surface area contributed by atoms with Gasteiger partial charge in [-0.05, 0) is 63.9 Å². The van der Waals surface area contributed by atoms with Gasteiger partial charge in [-0.2, -0.15) is 23.5 Å². The van der Waals surface area contributed by atoms with Gasteiger partial charge in [0.25, 0.3) is 0 Å². The highest BCUT2D eigenvalue weighted by Gasteiger charge is 2.34. The first-order chi connectivity index (χ1) is 17.0. The van der Waals surface area contributed by atoms with Crippen molar-refractivity contribution in [2.45, 2.75) is 170 Å². The van der Waals surface area contributed by atoms with E-state index in [1.807, 2.05) is 11.8 Å². The van der Waals surface area contributed by atoms with Crippen LogP contribution >= 0.6 is 23.5 Å². The third-order valence-corrected chi connectivity index (χ3v) is 9.92. The van der Waals surface area contributed by atoms with Crippen LogP contribution < -0.4 is 0 Å². The van der Waals surface area contributed by atoms with Gasteiger partial charge in [0.15, 0.2) is 0 Å². The van der Waals surface area contributed by atoms with Gasteiger partial charge in [-0.3, -0.25) is 0 Å². The predicted molar refractivity (Wildman–Crippen MR) is 182 cm³/mol. The van der Waals surface area contributed by atoms with Crippen molar-refractivity contribution in [1.82, 2.24) is 0 Å². The fourth-order valence-electron chi connectivity index (χ4n) is 7.48. The van der Waals surface area contributed by atoms with E-state index in [-0.39, 0.29) is 20.3 Å². The van der Waals surface area contributed by atoms with E-state index in [4.69, 9.17) is 0 Å². The topological polar surface area (TPSA) is 20.2 Å². The number of phenols is 1. The first-order valence-corrected chi connectivity index (χ1v) is 17.1. The van der Waals surface area contributed by atoms with Crippen LogP contribution in [-0.4, -0.2) is 14.6 Å². The third-order valence-electron chi connectivity index (χ3n) is 7.13. The molecule has 1 N–H and O–H groups in total. The minimum atomic E-state index is -0.0986. The van der Waals surface area contributed by atoms with Crippen LogP contribution in [0.25, 0.3) is 0 Å². The molecule has 1 aromatic carbocycles. The summed E-state index contributed by atoms with van der Waals surface area (Å²) in [5.74, 6) is 2.31. The Morgan fingerprint density at radius 1 is 0.538 bits per heavy atom. The van der Waals surface area contributed by atoms with E-state index in [0.717, 1.165) is 29.1 Å². The van der Waals surface area contributed by atoms with Crippen molar-refractivity contribution in [2.75, 3.05) is 0 Å². The molecular weight excluding hydrogens is 513 g/mol. The van der Waals surface area contributed by atoms with Gasteiger partial charge in [0.05, 0.1) is 0 Å². The number of phenolic OH excluding ortho intramolecular Hbond substituents is 1. The molecule has 1 rings (SSSR count). The minimum absolute atomic E-state index is 0.0986. The molecule has 0 amide bonds. The molecule has 228 valence electrons. The Bertz CT molecular complexity index is 931. The fourth-order valence-corrected chi connectivity index (χ4v) is 9.96. The Balaban J connectivity index is 3.14. The Kier molecular flexibility index (Phi) is 11.8. The Morgan fingerprint density at radius 2 is 0.923 bits per heavy atom. The maximum absolute atomic E-state index is 11.4. The lowest BCUT2D eigenvalue weighted by Gasteiger charge is -2.39. The summed E-state index contributed by atoms with van der Waals surface area (Å²) in [6.07, 6.45) is 4.77. The molecular formula is C36H66OS2. The third kappa shape index (κ3) is 14.4. The molecule has 1 aromatic rings. The lowest BCUT2D eigenvalue weighted by molar-refractivity contribution is 0.186. The molecule has 39 heavy (non-hydrogen) atoms. The van der Waals surface area contributed by atoms with Crippen molar-refractivity contribution < 1.29 is 5.11 Å². The number of hydrogen-bond acceptors (Lipinski definition) is 3. The van der Waals surface area contributed by atoms with E-state index in [1.54, 1.807) is 0 Å². The van der Waals surface area contributed by atoms with Crippen molar-refractivity contribution in [2.24, 2.45) is 21.7 Å². The number of benzene rings is 1. The van der Waals surface area contributed by atoms with Gasteiger partial charge >= 0.3 is 0 Å². The Morgan fingerprint density at radius 3 is 1.28 bits per heavy atom. The first-order valence-electron chi connectivity index (χ1n) is 15.1. The van der Waals surface area contributed by atoms with Crippen LogP contribution in [0, 0.1) is 21.7 Å². The maximum Gasteiger partial charge on any atom is 0.123 e. The van der Waals surface area contributed by atoms with E-state index >= 15 is 0 Å². The smallest absolute Gasteiger partial charge is 0.123 e. The number of rotatable bonds is 12. The molecule has 0 bridgehead atoms. The molecule has 1 nitrogen and oxygen atoms in total. The molecule has 0 aliphatic heterocycles. The zero-order valence-corrected chi connectivity index (χ0v) is 30.8. The van der Waals surface area contributed by atoms with Crippen LogP contribution in [0.15, 0.2) is 12.1 Å². The van der Waals surface area contributed by atoms with E-state index in [9.17, 15) is 5.11 Å². The molecule has 3 heteroatoms. The predicted octanol–water partition coefficient (Wildman–Crippen LogP) is 12.4. The second-order valence-corrected chi connectivity index (χ2v) is 22.0. The average molecular weight is 579 g/mol. The van der Waals surface area contributed by atoms with Crippen LogP contribution in [-0.2, 0) is 16.9 Å². The van der Waals surface area contributed by atoms with Crippen LogP contribution in [0.3, 0.4) is 0 Å². The van der Waals surface area contributed by atoms with E-state index in [0.29, 0.717) is 22.0 Å². The Hall–Kier alpha value is -0.280. The van der Waals surface area contributed by atoms with Crippen molar-refractivity contribution >= 4 is 23.5 Å². The molecule has 0 aliphatic rings. The minimum Gasteiger partial charge on any atom is -0.507 e. The van der Waals surface area contributed by atoms with E-state index in [2.05, 4.69) is 142 Å². The molecule has 0 spiro atoms. The van der Waals surface area contributed by atoms with Gasteiger partial charge in [-0.1, -0.05) is 130 Å². The molecule has 0 fully saturated rings. The van der Waals surface area contributed by atoms with Crippen LogP contribution in [0.5, 0.6) is 5.75 Å². The van der Waals surface area contributed by atoms with Crippen LogP contribution in [0.4, 0.5) is 0 Å². The van der Waals surface area contributed by atoms with Gasteiger partial charge in [0, 0.05) is 26.6 Å². The van der Waals surface area contributed by atoms with Gasteiger partial charge < -0.3 is 5.11 Å². The standard InChI is InChI=1S/C36H66OS2/c1-30(2,3)22-33(10,11)24-35(14,15)38-20-26-18-27(29(37)28(19-26)32(7,8)9)21-39-36(16,17)25-34(12,13)23-31(4,5)6/h18-19,37H,20-25H2,1-17H3. The molecule has 0 heterocycles. The molecule has 0 saturated heterocycles. The van der Waals surface area contributed by atoms with Crippen molar-refractivity contribution in [3.05, 3.63) is 28.8 Å². The number of hydrogen-bond donors (Lipinski definition) is 1. The number of thioether (sulfide) groups is 2. The van der Waals surface area contributed by atoms with Gasteiger partial charge in [0.2, 0.25) is 0 Å².